The van der Waals surface area contributed by atoms with Crippen molar-refractivity contribution in [2.45, 2.75) is 19.4 Å². The van der Waals surface area contributed by atoms with Crippen molar-refractivity contribution in [3.05, 3.63) is 30.1 Å². The number of halogens is 1. The van der Waals surface area contributed by atoms with Crippen LogP contribution in [0.1, 0.15) is 13.3 Å². The Bertz CT molecular complexity index is 482. The largest absolute Gasteiger partial charge is 0.486 e. The van der Waals surface area contributed by atoms with Gasteiger partial charge in [-0.15, -0.1) is 0 Å². The summed E-state index contributed by atoms with van der Waals surface area (Å²) in [5.74, 6) is -1.06. The number of ether oxygens (including phenoxy) is 1. The molecule has 1 rings (SSSR count). The molecule has 0 heterocycles. The third-order valence-corrected chi connectivity index (χ3v) is 2.74. The quantitative estimate of drug-likeness (QED) is 0.638. The summed E-state index contributed by atoms with van der Waals surface area (Å²) in [6, 6.07) is 6.08. The van der Waals surface area contributed by atoms with Gasteiger partial charge in [-0.1, -0.05) is 19.1 Å². The normalized spacial score (nSPS) is 11.6. The Kier molecular flexibility index (Phi) is 7.17. The van der Waals surface area contributed by atoms with E-state index in [0.717, 1.165) is 0 Å². The fraction of sp³-hybridized carbons (Fsp3) is 0.429. The number of nitrogens with one attached hydrogen (secondary N) is 2. The molecule has 6 nitrogen and oxygen atoms in total. The molecule has 0 spiro atoms. The smallest absolute Gasteiger partial charge is 0.239 e. The SMILES string of the molecule is CCC(CNC(=O)CNC(=O)CN)Oc1ccccc1F. The molecule has 0 radical (unpaired) electrons. The summed E-state index contributed by atoms with van der Waals surface area (Å²) in [5, 5.41) is 4.97. The molecule has 0 saturated carbocycles. The van der Waals surface area contributed by atoms with Crippen molar-refractivity contribution in [1.82, 2.24) is 10.6 Å². The zero-order chi connectivity index (χ0) is 15.7. The highest BCUT2D eigenvalue weighted by Gasteiger charge is 2.12. The minimum atomic E-state index is -0.447. The molecule has 1 atom stereocenters. The first kappa shape index (κ1) is 16.9. The number of amides is 2. The molecule has 0 fully saturated rings. The van der Waals surface area contributed by atoms with Crippen LogP contribution in [0.3, 0.4) is 0 Å². The van der Waals surface area contributed by atoms with Crippen molar-refractivity contribution in [3.8, 4) is 5.75 Å². The summed E-state index contributed by atoms with van der Waals surface area (Å²) >= 11 is 0. The lowest BCUT2D eigenvalue weighted by Crippen LogP contribution is -2.42. The highest BCUT2D eigenvalue weighted by atomic mass is 19.1. The lowest BCUT2D eigenvalue weighted by Gasteiger charge is -2.18. The maximum Gasteiger partial charge on any atom is 0.239 e. The third-order valence-electron chi connectivity index (χ3n) is 2.74. The van der Waals surface area contributed by atoms with Gasteiger partial charge in [-0.05, 0) is 18.6 Å². The molecule has 21 heavy (non-hydrogen) atoms. The maximum absolute atomic E-state index is 13.5. The number of hydrogen-bond acceptors (Lipinski definition) is 4. The molecule has 0 bridgehead atoms. The first-order valence-electron chi connectivity index (χ1n) is 6.71. The van der Waals surface area contributed by atoms with Gasteiger partial charge in [0.05, 0.1) is 19.6 Å². The summed E-state index contributed by atoms with van der Waals surface area (Å²) in [4.78, 5) is 22.4. The van der Waals surface area contributed by atoms with Crippen LogP contribution in [-0.4, -0.2) is 37.6 Å². The number of hydrogen-bond donors (Lipinski definition) is 3. The standard InChI is InChI=1S/C14H20FN3O3/c1-2-10(21-12-6-4-3-5-11(12)15)8-17-14(20)9-18-13(19)7-16/h3-6,10H,2,7-9,16H2,1H3,(H,17,20)(H,18,19). The molecule has 7 heteroatoms. The summed E-state index contributed by atoms with van der Waals surface area (Å²) in [6.45, 7) is 1.78. The van der Waals surface area contributed by atoms with E-state index in [9.17, 15) is 14.0 Å². The number of para-hydroxylation sites is 1. The van der Waals surface area contributed by atoms with Crippen LogP contribution >= 0.6 is 0 Å². The number of rotatable bonds is 8. The highest BCUT2D eigenvalue weighted by Crippen LogP contribution is 2.17. The van der Waals surface area contributed by atoms with Gasteiger partial charge in [0.15, 0.2) is 11.6 Å². The van der Waals surface area contributed by atoms with Crippen molar-refractivity contribution in [2.24, 2.45) is 5.73 Å². The van der Waals surface area contributed by atoms with Crippen LogP contribution in [0.5, 0.6) is 5.75 Å². The Balaban J connectivity index is 2.39. The van der Waals surface area contributed by atoms with E-state index in [4.69, 9.17) is 10.5 Å². The molecule has 0 aliphatic rings. The molecular formula is C14H20FN3O3. The van der Waals surface area contributed by atoms with Gasteiger partial charge in [-0.3, -0.25) is 9.59 Å². The second-order valence-electron chi connectivity index (χ2n) is 4.36. The van der Waals surface area contributed by atoms with Crippen molar-refractivity contribution in [1.29, 1.82) is 0 Å². The number of nitrogens with two attached hydrogens (primary N) is 1. The zero-order valence-electron chi connectivity index (χ0n) is 11.9. The summed E-state index contributed by atoms with van der Waals surface area (Å²) in [5.41, 5.74) is 5.10. The Labute approximate surface area is 122 Å². The maximum atomic E-state index is 13.5. The molecule has 0 aromatic heterocycles. The van der Waals surface area contributed by atoms with Crippen LogP contribution < -0.4 is 21.1 Å². The van der Waals surface area contributed by atoms with Gasteiger partial charge in [0.25, 0.3) is 0 Å². The third kappa shape index (κ3) is 6.22. The lowest BCUT2D eigenvalue weighted by molar-refractivity contribution is -0.125. The van der Waals surface area contributed by atoms with E-state index in [1.54, 1.807) is 12.1 Å². The van der Waals surface area contributed by atoms with Crippen molar-refractivity contribution in [2.75, 3.05) is 19.6 Å². The van der Waals surface area contributed by atoms with Crippen LogP contribution in [0.15, 0.2) is 24.3 Å². The van der Waals surface area contributed by atoms with E-state index in [-0.39, 0.29) is 37.4 Å². The Hall–Kier alpha value is -2.15. The molecule has 116 valence electrons. The van der Waals surface area contributed by atoms with Gasteiger partial charge >= 0.3 is 0 Å². The minimum Gasteiger partial charge on any atom is -0.486 e. The van der Waals surface area contributed by atoms with E-state index < -0.39 is 11.7 Å². The summed E-state index contributed by atoms with van der Waals surface area (Å²) < 4.78 is 19.0. The van der Waals surface area contributed by atoms with Gasteiger partial charge in [0.2, 0.25) is 11.8 Å². The molecule has 0 aliphatic carbocycles. The Morgan fingerprint density at radius 3 is 2.62 bits per heavy atom. The zero-order valence-corrected chi connectivity index (χ0v) is 11.9. The van der Waals surface area contributed by atoms with Crippen LogP contribution in [-0.2, 0) is 9.59 Å². The summed E-state index contributed by atoms with van der Waals surface area (Å²) in [6.07, 6.45) is 0.250. The molecule has 0 saturated heterocycles. The predicted molar refractivity (Wildman–Crippen MR) is 76.2 cm³/mol. The topological polar surface area (TPSA) is 93.5 Å². The first-order valence-corrected chi connectivity index (χ1v) is 6.71. The average molecular weight is 297 g/mol. The van der Waals surface area contributed by atoms with Crippen molar-refractivity contribution in [3.63, 3.8) is 0 Å². The fourth-order valence-electron chi connectivity index (χ4n) is 1.53. The molecule has 1 unspecified atom stereocenters. The molecular weight excluding hydrogens is 277 g/mol. The first-order chi connectivity index (χ1) is 10.1. The van der Waals surface area contributed by atoms with Crippen LogP contribution in [0.2, 0.25) is 0 Å². The van der Waals surface area contributed by atoms with Gasteiger partial charge in [-0.25, -0.2) is 4.39 Å². The van der Waals surface area contributed by atoms with Crippen LogP contribution in [0.25, 0.3) is 0 Å². The van der Waals surface area contributed by atoms with Crippen LogP contribution in [0.4, 0.5) is 4.39 Å². The molecule has 0 aliphatic heterocycles. The second-order valence-corrected chi connectivity index (χ2v) is 4.36. The van der Waals surface area contributed by atoms with E-state index in [1.165, 1.54) is 12.1 Å². The van der Waals surface area contributed by atoms with E-state index >= 15 is 0 Å². The molecule has 2 amide bonds. The van der Waals surface area contributed by atoms with Gasteiger partial charge < -0.3 is 21.1 Å². The molecule has 4 N–H and O–H groups in total. The fourth-order valence-corrected chi connectivity index (χ4v) is 1.53. The minimum absolute atomic E-state index is 0.147. The Morgan fingerprint density at radius 1 is 1.29 bits per heavy atom. The van der Waals surface area contributed by atoms with Crippen molar-refractivity contribution < 1.29 is 18.7 Å². The molecule has 1 aromatic rings. The highest BCUT2D eigenvalue weighted by molar-refractivity contribution is 5.85. The van der Waals surface area contributed by atoms with Crippen molar-refractivity contribution >= 4 is 11.8 Å². The lowest BCUT2D eigenvalue weighted by atomic mass is 10.2. The van der Waals surface area contributed by atoms with E-state index in [2.05, 4.69) is 10.6 Å². The van der Waals surface area contributed by atoms with Crippen LogP contribution in [0, 0.1) is 5.82 Å². The average Bonchev–Trinajstić information content (AvgIpc) is 2.50. The summed E-state index contributed by atoms with van der Waals surface area (Å²) in [7, 11) is 0. The predicted octanol–water partition coefficient (Wildman–Crippen LogP) is 0.174. The van der Waals surface area contributed by atoms with Gasteiger partial charge in [0, 0.05) is 0 Å². The number of carbonyl (C=O) groups excluding carboxylic acids is 2. The number of benzene rings is 1. The number of carbonyl (C=O) groups is 2. The molecule has 1 aromatic carbocycles. The van der Waals surface area contributed by atoms with E-state index in [1.807, 2.05) is 6.92 Å². The monoisotopic (exact) mass is 297 g/mol. The Morgan fingerprint density at radius 2 is 2.00 bits per heavy atom. The van der Waals surface area contributed by atoms with Gasteiger partial charge in [0.1, 0.15) is 6.10 Å². The second kappa shape index (κ2) is 8.91. The van der Waals surface area contributed by atoms with Gasteiger partial charge in [-0.2, -0.15) is 0 Å². The van der Waals surface area contributed by atoms with E-state index in [0.29, 0.717) is 6.42 Å².